The first-order valence-corrected chi connectivity index (χ1v) is 10.00. The van der Waals surface area contributed by atoms with E-state index in [9.17, 15) is 21.6 Å². The predicted molar refractivity (Wildman–Crippen MR) is 107 cm³/mol. The van der Waals surface area contributed by atoms with E-state index in [-0.39, 0.29) is 17.0 Å². The summed E-state index contributed by atoms with van der Waals surface area (Å²) in [7, 11) is -3.95. The molecule has 2 rings (SSSR count). The molecule has 1 N–H and O–H groups in total. The van der Waals surface area contributed by atoms with E-state index in [1.807, 2.05) is 0 Å². The molecule has 0 aliphatic carbocycles. The maximum atomic E-state index is 12.7. The van der Waals surface area contributed by atoms with Crippen molar-refractivity contribution in [3.8, 4) is 0 Å². The molecule has 0 saturated heterocycles. The van der Waals surface area contributed by atoms with Crippen LogP contribution in [0, 0.1) is 6.92 Å². The van der Waals surface area contributed by atoms with Crippen LogP contribution in [-0.4, -0.2) is 26.7 Å². The highest BCUT2D eigenvalue weighted by Gasteiger charge is 2.46. The zero-order chi connectivity index (χ0) is 21.3. The highest BCUT2D eigenvalue weighted by molar-refractivity contribution is 7.93. The second-order valence-corrected chi connectivity index (χ2v) is 8.40. The average molecular weight is 454 g/mol. The van der Waals surface area contributed by atoms with E-state index in [4.69, 9.17) is 23.2 Å². The fourth-order valence-corrected chi connectivity index (χ4v) is 3.15. The lowest BCUT2D eigenvalue weighted by Gasteiger charge is -2.18. The van der Waals surface area contributed by atoms with Gasteiger partial charge in [-0.2, -0.15) is 26.7 Å². The fourth-order valence-electron chi connectivity index (χ4n) is 2.27. The van der Waals surface area contributed by atoms with Gasteiger partial charge in [-0.25, -0.2) is 0 Å². The third-order valence-corrected chi connectivity index (χ3v) is 5.53. The molecule has 11 heteroatoms. The quantitative estimate of drug-likeness (QED) is 0.485. The number of alkyl halides is 3. The van der Waals surface area contributed by atoms with Crippen LogP contribution in [-0.2, 0) is 10.0 Å². The summed E-state index contributed by atoms with van der Waals surface area (Å²) in [6.07, 6.45) is 0. The second-order valence-electron chi connectivity index (χ2n) is 5.91. The summed E-state index contributed by atoms with van der Waals surface area (Å²) in [5.41, 5.74) is -3.86. The zero-order valence-corrected chi connectivity index (χ0v) is 17.3. The van der Waals surface area contributed by atoms with Gasteiger partial charge < -0.3 is 0 Å². The highest BCUT2D eigenvalue weighted by Crippen LogP contribution is 2.29. The Morgan fingerprint density at radius 1 is 1.11 bits per heavy atom. The molecule has 0 radical (unpaired) electrons. The summed E-state index contributed by atoms with van der Waals surface area (Å²) < 4.78 is 62.7. The number of aryl methyl sites for hydroxylation is 1. The molecule has 0 fully saturated rings. The van der Waals surface area contributed by atoms with Crippen molar-refractivity contribution in [2.75, 3.05) is 16.8 Å². The molecule has 28 heavy (non-hydrogen) atoms. The number of sulfonamides is 1. The van der Waals surface area contributed by atoms with Crippen LogP contribution in [0.5, 0.6) is 0 Å². The Morgan fingerprint density at radius 3 is 2.32 bits per heavy atom. The highest BCUT2D eigenvalue weighted by atomic mass is 35.5. The number of rotatable bonds is 5. The third kappa shape index (κ3) is 5.09. The Balaban J connectivity index is 2.44. The Kier molecular flexibility index (Phi) is 6.52. The summed E-state index contributed by atoms with van der Waals surface area (Å²) in [5.74, 6) is 0. The maximum absolute atomic E-state index is 12.7. The molecule has 0 bridgehead atoms. The molecule has 152 valence electrons. The van der Waals surface area contributed by atoms with Gasteiger partial charge in [0, 0.05) is 12.6 Å². The summed E-state index contributed by atoms with van der Waals surface area (Å²) in [6.45, 7) is 3.27. The minimum Gasteiger partial charge on any atom is -0.275 e. The van der Waals surface area contributed by atoms with Gasteiger partial charge in [-0.05, 0) is 44.2 Å². The van der Waals surface area contributed by atoms with Crippen LogP contribution in [0.4, 0.5) is 24.5 Å². The number of hydrazone groups is 1. The normalized spacial score (nSPS) is 12.8. The van der Waals surface area contributed by atoms with Crippen molar-refractivity contribution < 1.29 is 21.6 Å². The number of nitrogens with one attached hydrogen (secondary N) is 1. The lowest BCUT2D eigenvalue weighted by molar-refractivity contribution is -0.0429. The van der Waals surface area contributed by atoms with Crippen molar-refractivity contribution in [3.63, 3.8) is 0 Å². The van der Waals surface area contributed by atoms with Gasteiger partial charge in [-0.3, -0.25) is 9.73 Å². The smallest absolute Gasteiger partial charge is 0.275 e. The molecule has 0 unspecified atom stereocenters. The van der Waals surface area contributed by atoms with Crippen LogP contribution >= 0.6 is 23.2 Å². The fraction of sp³-hybridized carbons (Fsp3) is 0.235. The van der Waals surface area contributed by atoms with Gasteiger partial charge in [0.1, 0.15) is 0 Å². The van der Waals surface area contributed by atoms with Crippen molar-refractivity contribution in [2.45, 2.75) is 19.4 Å². The van der Waals surface area contributed by atoms with Gasteiger partial charge in [0.15, 0.2) is 0 Å². The van der Waals surface area contributed by atoms with Crippen LogP contribution < -0.4 is 9.73 Å². The SMILES string of the molecule is C/C(=N\N(C)c1ccc(Cl)c(Cl)c1)c1cc(C)ccc1NS(=O)(=O)C(F)(F)F. The van der Waals surface area contributed by atoms with E-state index >= 15 is 0 Å². The standard InChI is InChI=1S/C17H16Cl2F3N3O2S/c1-10-4-7-16(24-28(26,27)17(20,21)22)13(8-10)11(2)23-25(3)12-5-6-14(18)15(19)9-12/h4-9,24H,1-3H3/b23-11+. The molecule has 0 aliphatic heterocycles. The number of anilines is 2. The second kappa shape index (κ2) is 8.18. The molecule has 0 aliphatic rings. The van der Waals surface area contributed by atoms with E-state index in [1.165, 1.54) is 23.2 Å². The van der Waals surface area contributed by atoms with Gasteiger partial charge in [-0.15, -0.1) is 0 Å². The van der Waals surface area contributed by atoms with Crippen molar-refractivity contribution in [3.05, 3.63) is 57.6 Å². The minimum absolute atomic E-state index is 0.208. The Hall–Kier alpha value is -1.97. The number of hydrogen-bond acceptors (Lipinski definition) is 4. The number of benzene rings is 2. The van der Waals surface area contributed by atoms with Crippen molar-refractivity contribution >= 4 is 50.3 Å². The topological polar surface area (TPSA) is 61.8 Å². The lowest BCUT2D eigenvalue weighted by atomic mass is 10.1. The molecule has 0 aromatic heterocycles. The maximum Gasteiger partial charge on any atom is 0.516 e. The molecule has 0 amide bonds. The summed E-state index contributed by atoms with van der Waals surface area (Å²) in [4.78, 5) is 0. The molecule has 2 aromatic carbocycles. The first-order valence-electron chi connectivity index (χ1n) is 7.76. The van der Waals surface area contributed by atoms with Gasteiger partial charge in [0.25, 0.3) is 0 Å². The van der Waals surface area contributed by atoms with Crippen LogP contribution in [0.1, 0.15) is 18.1 Å². The molecule has 0 heterocycles. The largest absolute Gasteiger partial charge is 0.516 e. The Morgan fingerprint density at radius 2 is 1.75 bits per heavy atom. The molecule has 0 atom stereocenters. The first-order chi connectivity index (χ1) is 12.8. The number of hydrogen-bond donors (Lipinski definition) is 1. The van der Waals surface area contributed by atoms with Crippen LogP contribution in [0.15, 0.2) is 41.5 Å². The molecule has 0 saturated carbocycles. The van der Waals surface area contributed by atoms with Crippen molar-refractivity contribution in [1.29, 1.82) is 0 Å². The van der Waals surface area contributed by atoms with E-state index in [0.29, 0.717) is 15.7 Å². The number of halogens is 5. The van der Waals surface area contributed by atoms with Crippen LogP contribution in [0.3, 0.4) is 0 Å². The van der Waals surface area contributed by atoms with Crippen LogP contribution in [0.25, 0.3) is 0 Å². The van der Waals surface area contributed by atoms with E-state index in [2.05, 4.69) is 5.10 Å². The van der Waals surface area contributed by atoms with E-state index < -0.39 is 15.5 Å². The summed E-state index contributed by atoms with van der Waals surface area (Å²) >= 11 is 11.9. The molecule has 0 spiro atoms. The molecular weight excluding hydrogens is 438 g/mol. The zero-order valence-electron chi connectivity index (χ0n) is 15.0. The summed E-state index contributed by atoms with van der Waals surface area (Å²) in [5, 5.41) is 6.44. The van der Waals surface area contributed by atoms with Gasteiger partial charge in [-0.1, -0.05) is 34.8 Å². The average Bonchev–Trinajstić information content (AvgIpc) is 2.57. The number of nitrogens with zero attached hydrogens (tertiary/aromatic N) is 2. The Bertz CT molecular complexity index is 1020. The lowest BCUT2D eigenvalue weighted by Crippen LogP contribution is -2.30. The first kappa shape index (κ1) is 22.3. The van der Waals surface area contributed by atoms with E-state index in [0.717, 1.165) is 5.56 Å². The predicted octanol–water partition coefficient (Wildman–Crippen LogP) is 5.42. The third-order valence-electron chi connectivity index (χ3n) is 3.69. The van der Waals surface area contributed by atoms with E-state index in [1.54, 1.807) is 43.8 Å². The Labute approximate surface area is 170 Å². The monoisotopic (exact) mass is 453 g/mol. The van der Waals surface area contributed by atoms with Crippen molar-refractivity contribution in [1.82, 2.24) is 0 Å². The van der Waals surface area contributed by atoms with Gasteiger partial charge in [0.2, 0.25) is 0 Å². The summed E-state index contributed by atoms with van der Waals surface area (Å²) in [6, 6.07) is 9.10. The molecule has 5 nitrogen and oxygen atoms in total. The molecular formula is C17H16Cl2F3N3O2S. The van der Waals surface area contributed by atoms with Gasteiger partial charge >= 0.3 is 15.5 Å². The van der Waals surface area contributed by atoms with Gasteiger partial charge in [0.05, 0.1) is 27.1 Å². The molecule has 2 aromatic rings. The van der Waals surface area contributed by atoms with Crippen LogP contribution in [0.2, 0.25) is 10.0 Å². The van der Waals surface area contributed by atoms with Crippen molar-refractivity contribution in [2.24, 2.45) is 5.10 Å². The minimum atomic E-state index is -5.56.